The summed E-state index contributed by atoms with van der Waals surface area (Å²) in [6.45, 7) is 1.73. The molecule has 2 aromatic heterocycles. The van der Waals surface area contributed by atoms with Gasteiger partial charge in [0.2, 0.25) is 0 Å². The molecule has 6 nitrogen and oxygen atoms in total. The number of nitrogens with zero attached hydrogens (tertiary/aromatic N) is 4. The summed E-state index contributed by atoms with van der Waals surface area (Å²) >= 11 is 6.28. The smallest absolute Gasteiger partial charge is 0.282 e. The van der Waals surface area contributed by atoms with Crippen LogP contribution >= 0.6 is 11.6 Å². The maximum absolute atomic E-state index is 12.7. The van der Waals surface area contributed by atoms with Gasteiger partial charge in [0, 0.05) is 10.9 Å². The molecular weight excluding hydrogens is 364 g/mol. The Hall–Kier alpha value is -3.25. The van der Waals surface area contributed by atoms with Crippen LogP contribution in [0.1, 0.15) is 11.4 Å². The van der Waals surface area contributed by atoms with Crippen molar-refractivity contribution >= 4 is 39.6 Å². The fourth-order valence-electron chi connectivity index (χ4n) is 2.86. The number of hydrogen-bond acceptors (Lipinski definition) is 5. The maximum Gasteiger partial charge on any atom is 0.282 e. The zero-order valence-corrected chi connectivity index (χ0v) is 15.4. The van der Waals surface area contributed by atoms with Crippen LogP contribution < -0.4 is 10.3 Å². The molecule has 0 unspecified atom stereocenters. The van der Waals surface area contributed by atoms with Crippen LogP contribution in [-0.4, -0.2) is 28.0 Å². The summed E-state index contributed by atoms with van der Waals surface area (Å²) in [6, 6.07) is 14.5. The van der Waals surface area contributed by atoms with Crippen LogP contribution in [0.2, 0.25) is 5.15 Å². The van der Waals surface area contributed by atoms with Gasteiger partial charge in [0.05, 0.1) is 29.7 Å². The summed E-state index contributed by atoms with van der Waals surface area (Å²) in [7, 11) is 1.61. The molecule has 0 saturated heterocycles. The van der Waals surface area contributed by atoms with Crippen LogP contribution in [0, 0.1) is 6.92 Å². The van der Waals surface area contributed by atoms with Gasteiger partial charge in [0.25, 0.3) is 5.56 Å². The summed E-state index contributed by atoms with van der Waals surface area (Å²) in [5.74, 6) is 1.21. The quantitative estimate of drug-likeness (QED) is 0.401. The highest BCUT2D eigenvalue weighted by molar-refractivity contribution is 6.32. The first-order valence-electron chi connectivity index (χ1n) is 8.24. The van der Waals surface area contributed by atoms with Crippen molar-refractivity contribution in [2.75, 3.05) is 7.11 Å². The molecule has 0 spiro atoms. The summed E-state index contributed by atoms with van der Waals surface area (Å²) in [5, 5.41) is 5.97. The van der Waals surface area contributed by atoms with E-state index < -0.39 is 0 Å². The molecule has 134 valence electrons. The van der Waals surface area contributed by atoms with E-state index >= 15 is 0 Å². The number of rotatable bonds is 3. The highest BCUT2D eigenvalue weighted by Gasteiger charge is 2.08. The van der Waals surface area contributed by atoms with E-state index in [1.165, 1.54) is 10.9 Å². The van der Waals surface area contributed by atoms with Crippen molar-refractivity contribution in [1.29, 1.82) is 0 Å². The largest absolute Gasteiger partial charge is 0.497 e. The molecule has 2 aromatic carbocycles. The Kier molecular flexibility index (Phi) is 4.33. The van der Waals surface area contributed by atoms with Gasteiger partial charge < -0.3 is 4.74 Å². The normalized spacial score (nSPS) is 11.5. The molecule has 0 aliphatic rings. The molecule has 0 aliphatic carbocycles. The molecule has 0 radical (unpaired) electrons. The van der Waals surface area contributed by atoms with E-state index in [1.807, 2.05) is 30.3 Å². The predicted octanol–water partition coefficient (Wildman–Crippen LogP) is 3.80. The number of aryl methyl sites for hydroxylation is 1. The summed E-state index contributed by atoms with van der Waals surface area (Å²) in [4.78, 5) is 21.5. The van der Waals surface area contributed by atoms with Gasteiger partial charge in [-0.25, -0.2) is 9.97 Å². The number of para-hydroxylation sites is 1. The second kappa shape index (κ2) is 6.81. The zero-order valence-electron chi connectivity index (χ0n) is 14.7. The number of benzene rings is 2. The Labute approximate surface area is 159 Å². The second-order valence-corrected chi connectivity index (χ2v) is 6.32. The van der Waals surface area contributed by atoms with E-state index in [2.05, 4.69) is 15.1 Å². The topological polar surface area (TPSA) is 69.4 Å². The number of hydrogen-bond donors (Lipinski definition) is 0. The Balaban J connectivity index is 1.82. The monoisotopic (exact) mass is 378 g/mol. The highest BCUT2D eigenvalue weighted by Crippen LogP contribution is 2.23. The fourth-order valence-corrected chi connectivity index (χ4v) is 3.05. The Bertz CT molecular complexity index is 1260. The maximum atomic E-state index is 12.7. The van der Waals surface area contributed by atoms with Crippen LogP contribution in [0.25, 0.3) is 21.8 Å². The summed E-state index contributed by atoms with van der Waals surface area (Å²) in [6.07, 6.45) is 1.51. The third-order valence-electron chi connectivity index (χ3n) is 4.23. The Morgan fingerprint density at radius 2 is 1.93 bits per heavy atom. The summed E-state index contributed by atoms with van der Waals surface area (Å²) < 4.78 is 6.50. The van der Waals surface area contributed by atoms with Gasteiger partial charge in [-0.2, -0.15) is 9.78 Å². The lowest BCUT2D eigenvalue weighted by atomic mass is 10.1. The van der Waals surface area contributed by atoms with Gasteiger partial charge in [-0.05, 0) is 43.3 Å². The average molecular weight is 379 g/mol. The number of pyridine rings is 1. The van der Waals surface area contributed by atoms with Crippen LogP contribution in [0.5, 0.6) is 5.75 Å². The van der Waals surface area contributed by atoms with Gasteiger partial charge >= 0.3 is 0 Å². The van der Waals surface area contributed by atoms with Crippen LogP contribution in [0.4, 0.5) is 0 Å². The number of halogens is 1. The van der Waals surface area contributed by atoms with Crippen LogP contribution in [0.3, 0.4) is 0 Å². The zero-order chi connectivity index (χ0) is 19.0. The van der Waals surface area contributed by atoms with Crippen molar-refractivity contribution in [3.63, 3.8) is 0 Å². The van der Waals surface area contributed by atoms with Crippen molar-refractivity contribution in [2.24, 2.45) is 5.10 Å². The van der Waals surface area contributed by atoms with E-state index in [1.54, 1.807) is 32.2 Å². The first-order valence-corrected chi connectivity index (χ1v) is 8.61. The summed E-state index contributed by atoms with van der Waals surface area (Å²) in [5.41, 5.74) is 1.75. The lowest BCUT2D eigenvalue weighted by Crippen LogP contribution is -2.20. The van der Waals surface area contributed by atoms with Crippen molar-refractivity contribution in [2.45, 2.75) is 6.92 Å². The van der Waals surface area contributed by atoms with Crippen molar-refractivity contribution < 1.29 is 4.74 Å². The van der Waals surface area contributed by atoms with Gasteiger partial charge in [0.1, 0.15) is 16.7 Å². The first-order chi connectivity index (χ1) is 13.1. The molecule has 0 saturated carbocycles. The molecular formula is C20H15ClN4O2. The number of ether oxygens (including phenoxy) is 1. The minimum Gasteiger partial charge on any atom is -0.497 e. The number of fused-ring (bicyclic) bond motifs is 2. The van der Waals surface area contributed by atoms with Crippen molar-refractivity contribution in [3.8, 4) is 5.75 Å². The van der Waals surface area contributed by atoms with E-state index in [9.17, 15) is 4.79 Å². The van der Waals surface area contributed by atoms with Crippen molar-refractivity contribution in [1.82, 2.24) is 14.6 Å². The number of aromatic nitrogens is 3. The SMILES string of the molecule is COc1ccc2nc(Cl)c(/C=N\n3c(C)nc4ccccc4c3=O)cc2c1. The molecule has 7 heteroatoms. The molecule has 4 aromatic rings. The molecule has 0 N–H and O–H groups in total. The third-order valence-corrected chi connectivity index (χ3v) is 4.53. The standard InChI is InChI=1S/C20H15ClN4O2/c1-12-23-18-6-4-3-5-16(18)20(26)25(12)22-11-14-9-13-10-15(27-2)7-8-17(13)24-19(14)21/h3-11H,1-2H3/b22-11-. The van der Waals surface area contributed by atoms with E-state index in [-0.39, 0.29) is 5.56 Å². The second-order valence-electron chi connectivity index (χ2n) is 5.96. The average Bonchev–Trinajstić information content (AvgIpc) is 2.67. The van der Waals surface area contributed by atoms with E-state index in [4.69, 9.17) is 16.3 Å². The molecule has 0 aliphatic heterocycles. The molecule has 0 atom stereocenters. The molecule has 0 bridgehead atoms. The minimum absolute atomic E-state index is 0.235. The Morgan fingerprint density at radius 1 is 1.11 bits per heavy atom. The Morgan fingerprint density at radius 3 is 2.74 bits per heavy atom. The van der Waals surface area contributed by atoms with E-state index in [0.717, 1.165) is 16.7 Å². The van der Waals surface area contributed by atoms with Gasteiger partial charge in [-0.15, -0.1) is 0 Å². The molecule has 27 heavy (non-hydrogen) atoms. The molecule has 2 heterocycles. The molecule has 4 rings (SSSR count). The minimum atomic E-state index is -0.235. The lowest BCUT2D eigenvalue weighted by molar-refractivity contribution is 0.415. The first kappa shape index (κ1) is 17.2. The van der Waals surface area contributed by atoms with Gasteiger partial charge in [-0.1, -0.05) is 23.7 Å². The predicted molar refractivity (Wildman–Crippen MR) is 107 cm³/mol. The lowest BCUT2D eigenvalue weighted by Gasteiger charge is -2.06. The van der Waals surface area contributed by atoms with Crippen LogP contribution in [0.15, 0.2) is 58.4 Å². The molecule has 0 amide bonds. The third kappa shape index (κ3) is 3.15. The van der Waals surface area contributed by atoms with Crippen molar-refractivity contribution in [3.05, 3.63) is 75.4 Å². The number of methoxy groups -OCH3 is 1. The fraction of sp³-hybridized carbons (Fsp3) is 0.100. The molecule has 0 fully saturated rings. The van der Waals surface area contributed by atoms with Gasteiger partial charge in [0.15, 0.2) is 0 Å². The highest BCUT2D eigenvalue weighted by atomic mass is 35.5. The van der Waals surface area contributed by atoms with E-state index in [0.29, 0.717) is 27.4 Å². The van der Waals surface area contributed by atoms with Gasteiger partial charge in [-0.3, -0.25) is 4.79 Å². The van der Waals surface area contributed by atoms with Crippen LogP contribution in [-0.2, 0) is 0 Å².